The summed E-state index contributed by atoms with van der Waals surface area (Å²) in [6, 6.07) is 0. The first-order valence-corrected chi connectivity index (χ1v) is 7.81. The second kappa shape index (κ2) is 6.71. The van der Waals surface area contributed by atoms with E-state index < -0.39 is 0 Å². The van der Waals surface area contributed by atoms with E-state index in [9.17, 15) is 4.79 Å². The third-order valence-electron chi connectivity index (χ3n) is 3.10. The predicted octanol–water partition coefficient (Wildman–Crippen LogP) is 1.64. The van der Waals surface area contributed by atoms with E-state index in [0.29, 0.717) is 24.5 Å². The van der Waals surface area contributed by atoms with Crippen LogP contribution in [0.15, 0.2) is 30.2 Å². The predicted molar refractivity (Wildman–Crippen MR) is 86.4 cm³/mol. The summed E-state index contributed by atoms with van der Waals surface area (Å²) in [5.41, 5.74) is 1.89. The molecule has 0 bridgehead atoms. The second-order valence-electron chi connectivity index (χ2n) is 4.88. The molecule has 0 aliphatic rings. The number of nitrogens with one attached hydrogen (secondary N) is 1. The Morgan fingerprint density at radius 3 is 2.96 bits per heavy atom. The minimum absolute atomic E-state index is 0.261. The SMILES string of the molecule is COCCn1cc(NC(=O)c2csc(-c3cnn(C)c3)n2)cn1. The van der Waals surface area contributed by atoms with Crippen molar-refractivity contribution >= 4 is 22.9 Å². The maximum atomic E-state index is 12.2. The Morgan fingerprint density at radius 1 is 1.35 bits per heavy atom. The normalized spacial score (nSPS) is 10.9. The van der Waals surface area contributed by atoms with Crippen LogP contribution in [-0.4, -0.2) is 44.2 Å². The van der Waals surface area contributed by atoms with Gasteiger partial charge < -0.3 is 10.1 Å². The molecular formula is C14H16N6O2S. The molecule has 1 amide bonds. The van der Waals surface area contributed by atoms with E-state index in [1.165, 1.54) is 11.3 Å². The van der Waals surface area contributed by atoms with Crippen molar-refractivity contribution in [1.82, 2.24) is 24.5 Å². The molecule has 3 aromatic rings. The van der Waals surface area contributed by atoms with Crippen molar-refractivity contribution in [1.29, 1.82) is 0 Å². The maximum Gasteiger partial charge on any atom is 0.275 e. The van der Waals surface area contributed by atoms with Gasteiger partial charge in [-0.15, -0.1) is 11.3 Å². The van der Waals surface area contributed by atoms with E-state index in [1.807, 2.05) is 13.2 Å². The van der Waals surface area contributed by atoms with Gasteiger partial charge in [0.25, 0.3) is 5.91 Å². The number of aryl methyl sites for hydroxylation is 1. The van der Waals surface area contributed by atoms with Crippen molar-refractivity contribution in [3.05, 3.63) is 35.9 Å². The summed E-state index contributed by atoms with van der Waals surface area (Å²) in [5, 5.41) is 13.5. The highest BCUT2D eigenvalue weighted by Gasteiger charge is 2.13. The van der Waals surface area contributed by atoms with Crippen molar-refractivity contribution in [2.45, 2.75) is 6.54 Å². The van der Waals surface area contributed by atoms with E-state index >= 15 is 0 Å². The summed E-state index contributed by atoms with van der Waals surface area (Å²) in [7, 11) is 3.47. The molecule has 0 saturated carbocycles. The molecular weight excluding hydrogens is 316 g/mol. The smallest absolute Gasteiger partial charge is 0.275 e. The molecule has 8 nitrogen and oxygen atoms in total. The van der Waals surface area contributed by atoms with Crippen LogP contribution in [0, 0.1) is 0 Å². The molecule has 3 heterocycles. The Morgan fingerprint density at radius 2 is 2.22 bits per heavy atom. The topological polar surface area (TPSA) is 86.9 Å². The van der Waals surface area contributed by atoms with Crippen LogP contribution in [0.2, 0.25) is 0 Å². The highest BCUT2D eigenvalue weighted by molar-refractivity contribution is 7.13. The lowest BCUT2D eigenvalue weighted by Gasteiger charge is -2.00. The van der Waals surface area contributed by atoms with Crippen LogP contribution in [0.3, 0.4) is 0 Å². The van der Waals surface area contributed by atoms with Crippen molar-refractivity contribution in [2.24, 2.45) is 7.05 Å². The highest BCUT2D eigenvalue weighted by Crippen LogP contribution is 2.23. The summed E-state index contributed by atoms with van der Waals surface area (Å²) in [4.78, 5) is 16.6. The van der Waals surface area contributed by atoms with Crippen LogP contribution in [0.5, 0.6) is 0 Å². The third-order valence-corrected chi connectivity index (χ3v) is 4.00. The Hall–Kier alpha value is -2.52. The van der Waals surface area contributed by atoms with Gasteiger partial charge in [0, 0.05) is 37.5 Å². The second-order valence-corrected chi connectivity index (χ2v) is 5.74. The average molecular weight is 332 g/mol. The summed E-state index contributed by atoms with van der Waals surface area (Å²) < 4.78 is 8.40. The monoisotopic (exact) mass is 332 g/mol. The number of ether oxygens (including phenoxy) is 1. The zero-order valence-corrected chi connectivity index (χ0v) is 13.6. The first kappa shape index (κ1) is 15.4. The Bertz CT molecular complexity index is 806. The van der Waals surface area contributed by atoms with Crippen LogP contribution in [-0.2, 0) is 18.3 Å². The minimum Gasteiger partial charge on any atom is -0.383 e. The molecule has 0 atom stereocenters. The number of anilines is 1. The number of nitrogens with zero attached hydrogens (tertiary/aromatic N) is 5. The van der Waals surface area contributed by atoms with Crippen LogP contribution in [0.25, 0.3) is 10.6 Å². The van der Waals surface area contributed by atoms with Crippen molar-refractivity contribution in [3.8, 4) is 10.6 Å². The van der Waals surface area contributed by atoms with Gasteiger partial charge in [0.1, 0.15) is 10.7 Å². The molecule has 3 rings (SSSR count). The highest BCUT2D eigenvalue weighted by atomic mass is 32.1. The fraction of sp³-hybridized carbons (Fsp3) is 0.286. The fourth-order valence-corrected chi connectivity index (χ4v) is 2.75. The molecule has 0 unspecified atom stereocenters. The number of hydrogen-bond acceptors (Lipinski definition) is 6. The molecule has 0 aliphatic carbocycles. The number of carbonyl (C=O) groups is 1. The standard InChI is InChI=1S/C14H16N6O2S/c1-19-7-10(5-15-19)14-18-12(9-23-14)13(21)17-11-6-16-20(8-11)3-4-22-2/h5-9H,3-4H2,1-2H3,(H,17,21). The number of methoxy groups -OCH3 is 1. The Balaban J connectivity index is 1.66. The van der Waals surface area contributed by atoms with Gasteiger partial charge in [-0.1, -0.05) is 0 Å². The average Bonchev–Trinajstić information content (AvgIpc) is 3.25. The molecule has 0 aromatic carbocycles. The number of aromatic nitrogens is 5. The third kappa shape index (κ3) is 3.63. The zero-order valence-electron chi connectivity index (χ0n) is 12.8. The number of rotatable bonds is 6. The van der Waals surface area contributed by atoms with Gasteiger partial charge in [-0.2, -0.15) is 10.2 Å². The van der Waals surface area contributed by atoms with E-state index in [-0.39, 0.29) is 5.91 Å². The zero-order chi connectivity index (χ0) is 16.2. The number of thiazole rings is 1. The van der Waals surface area contributed by atoms with Crippen LogP contribution < -0.4 is 5.32 Å². The lowest BCUT2D eigenvalue weighted by Crippen LogP contribution is -2.12. The molecule has 9 heteroatoms. The lowest BCUT2D eigenvalue weighted by molar-refractivity contribution is 0.102. The molecule has 0 saturated heterocycles. The molecule has 120 valence electrons. The van der Waals surface area contributed by atoms with Gasteiger partial charge in [-0.3, -0.25) is 14.2 Å². The Labute approximate surface area is 136 Å². The number of carbonyl (C=O) groups excluding carboxylic acids is 1. The quantitative estimate of drug-likeness (QED) is 0.741. The van der Waals surface area contributed by atoms with Gasteiger partial charge in [-0.25, -0.2) is 4.98 Å². The Kier molecular flexibility index (Phi) is 4.49. The van der Waals surface area contributed by atoms with Crippen molar-refractivity contribution in [3.63, 3.8) is 0 Å². The van der Waals surface area contributed by atoms with E-state index in [4.69, 9.17) is 4.74 Å². The summed E-state index contributed by atoms with van der Waals surface area (Å²) >= 11 is 1.41. The lowest BCUT2D eigenvalue weighted by atomic mass is 10.4. The first-order valence-electron chi connectivity index (χ1n) is 6.93. The maximum absolute atomic E-state index is 12.2. The summed E-state index contributed by atoms with van der Waals surface area (Å²) in [5.74, 6) is -0.261. The minimum atomic E-state index is -0.261. The van der Waals surface area contributed by atoms with E-state index in [1.54, 1.807) is 40.4 Å². The first-order chi connectivity index (χ1) is 11.2. The molecule has 0 aliphatic heterocycles. The van der Waals surface area contributed by atoms with Crippen LogP contribution >= 0.6 is 11.3 Å². The van der Waals surface area contributed by atoms with Crippen molar-refractivity contribution in [2.75, 3.05) is 19.0 Å². The summed E-state index contributed by atoms with van der Waals surface area (Å²) in [6.07, 6.45) is 6.94. The van der Waals surface area contributed by atoms with Gasteiger partial charge >= 0.3 is 0 Å². The molecule has 1 N–H and O–H groups in total. The van der Waals surface area contributed by atoms with Gasteiger partial charge in [0.05, 0.1) is 31.2 Å². The van der Waals surface area contributed by atoms with E-state index in [0.717, 1.165) is 10.6 Å². The number of hydrogen-bond donors (Lipinski definition) is 1. The van der Waals surface area contributed by atoms with Gasteiger partial charge in [0.2, 0.25) is 0 Å². The largest absolute Gasteiger partial charge is 0.383 e. The van der Waals surface area contributed by atoms with Gasteiger partial charge in [0.15, 0.2) is 0 Å². The molecule has 23 heavy (non-hydrogen) atoms. The van der Waals surface area contributed by atoms with E-state index in [2.05, 4.69) is 20.5 Å². The number of amides is 1. The molecule has 0 radical (unpaired) electrons. The van der Waals surface area contributed by atoms with Crippen LogP contribution in [0.1, 0.15) is 10.5 Å². The summed E-state index contributed by atoms with van der Waals surface area (Å²) in [6.45, 7) is 1.20. The van der Waals surface area contributed by atoms with Gasteiger partial charge in [-0.05, 0) is 0 Å². The van der Waals surface area contributed by atoms with Crippen molar-refractivity contribution < 1.29 is 9.53 Å². The van der Waals surface area contributed by atoms with Crippen LogP contribution in [0.4, 0.5) is 5.69 Å². The molecule has 3 aromatic heterocycles. The fourth-order valence-electron chi connectivity index (χ4n) is 1.97. The molecule has 0 spiro atoms. The molecule has 0 fully saturated rings.